The maximum Gasteiger partial charge on any atom is 0.364 e. The Labute approximate surface area is 157 Å². The van der Waals surface area contributed by atoms with Crippen LogP contribution in [0.5, 0.6) is 0 Å². The zero-order valence-electron chi connectivity index (χ0n) is 14.9. The van der Waals surface area contributed by atoms with E-state index < -0.39 is 4.92 Å². The molecule has 2 heterocycles. The largest absolute Gasteiger partial charge is 0.379 e. The van der Waals surface area contributed by atoms with Crippen LogP contribution in [0.15, 0.2) is 60.7 Å². The number of rotatable bonds is 3. The minimum absolute atomic E-state index is 0.138. The highest BCUT2D eigenvalue weighted by Crippen LogP contribution is 2.23. The summed E-state index contributed by atoms with van der Waals surface area (Å²) in [6, 6.07) is 18.7. The molecule has 0 bridgehead atoms. The number of fused-ring (bicyclic) bond motifs is 1. The highest BCUT2D eigenvalue weighted by atomic mass is 16.6. The van der Waals surface area contributed by atoms with Gasteiger partial charge in [-0.1, -0.05) is 54.6 Å². The van der Waals surface area contributed by atoms with E-state index in [1.54, 1.807) is 6.07 Å². The van der Waals surface area contributed by atoms with E-state index >= 15 is 0 Å². The Morgan fingerprint density at radius 2 is 1.70 bits per heavy atom. The smallest absolute Gasteiger partial charge is 0.364 e. The Balaban J connectivity index is 0.000000299. The Morgan fingerprint density at radius 1 is 1.00 bits per heavy atom. The minimum atomic E-state index is -0.466. The lowest BCUT2D eigenvalue weighted by atomic mass is 10.1. The van der Waals surface area contributed by atoms with Crippen molar-refractivity contribution in [1.29, 1.82) is 0 Å². The molecule has 6 nitrogen and oxygen atoms in total. The van der Waals surface area contributed by atoms with E-state index in [9.17, 15) is 10.1 Å². The maximum atomic E-state index is 11.0. The Bertz CT molecular complexity index is 911. The molecule has 0 unspecified atom stereocenters. The van der Waals surface area contributed by atoms with Crippen molar-refractivity contribution in [2.24, 2.45) is 0 Å². The van der Waals surface area contributed by atoms with Crippen molar-refractivity contribution in [3.8, 4) is 0 Å². The number of morpholine rings is 1. The summed E-state index contributed by atoms with van der Waals surface area (Å²) in [4.78, 5) is 14.6. The average Bonchev–Trinajstić information content (AvgIpc) is 2.74. The zero-order chi connectivity index (χ0) is 18.9. The molecule has 1 fully saturated rings. The predicted octanol–water partition coefficient (Wildman–Crippen LogP) is 3.92. The number of nitro groups is 1. The van der Waals surface area contributed by atoms with E-state index in [4.69, 9.17) is 4.74 Å². The van der Waals surface area contributed by atoms with Gasteiger partial charge in [-0.3, -0.25) is 0 Å². The van der Waals surface area contributed by atoms with E-state index in [0.29, 0.717) is 5.52 Å². The van der Waals surface area contributed by atoms with Crippen LogP contribution < -0.4 is 5.32 Å². The monoisotopic (exact) mass is 363 g/mol. The van der Waals surface area contributed by atoms with E-state index in [0.717, 1.165) is 42.8 Å². The molecule has 6 heteroatoms. The van der Waals surface area contributed by atoms with Crippen molar-refractivity contribution in [2.75, 3.05) is 26.3 Å². The number of hydrogen-bond donors (Lipinski definition) is 1. The van der Waals surface area contributed by atoms with E-state index in [-0.39, 0.29) is 5.82 Å². The quantitative estimate of drug-likeness (QED) is 0.564. The predicted molar refractivity (Wildman–Crippen MR) is 107 cm³/mol. The molecule has 0 aliphatic carbocycles. The van der Waals surface area contributed by atoms with Gasteiger partial charge >= 0.3 is 5.82 Å². The Morgan fingerprint density at radius 3 is 2.33 bits per heavy atom. The first-order chi connectivity index (χ1) is 13.2. The summed E-state index contributed by atoms with van der Waals surface area (Å²) >= 11 is 0. The van der Waals surface area contributed by atoms with Gasteiger partial charge < -0.3 is 20.2 Å². The third-order valence-corrected chi connectivity index (χ3v) is 4.02. The normalized spacial score (nSPS) is 13.9. The summed E-state index contributed by atoms with van der Waals surface area (Å²) in [5.41, 5.74) is 2.46. The van der Waals surface area contributed by atoms with Crippen molar-refractivity contribution in [1.82, 2.24) is 10.3 Å². The van der Waals surface area contributed by atoms with Gasteiger partial charge in [0.2, 0.25) is 0 Å². The molecule has 0 atom stereocenters. The van der Waals surface area contributed by atoms with Gasteiger partial charge in [-0.05, 0) is 33.2 Å². The number of aromatic nitrogens is 1. The van der Waals surface area contributed by atoms with Crippen LogP contribution in [0.4, 0.5) is 5.82 Å². The van der Waals surface area contributed by atoms with E-state index in [1.807, 2.05) is 60.7 Å². The van der Waals surface area contributed by atoms with E-state index in [2.05, 4.69) is 10.3 Å². The Kier molecular flexibility index (Phi) is 6.62. The van der Waals surface area contributed by atoms with Crippen molar-refractivity contribution < 1.29 is 9.66 Å². The fourth-order valence-electron chi connectivity index (χ4n) is 2.69. The zero-order valence-corrected chi connectivity index (χ0v) is 14.9. The van der Waals surface area contributed by atoms with Gasteiger partial charge in [0.05, 0.1) is 13.2 Å². The van der Waals surface area contributed by atoms with Crippen LogP contribution in [0.2, 0.25) is 0 Å². The lowest BCUT2D eigenvalue weighted by Crippen LogP contribution is -2.30. The number of para-hydroxylation sites is 1. The van der Waals surface area contributed by atoms with Gasteiger partial charge in [-0.25, -0.2) is 0 Å². The van der Waals surface area contributed by atoms with Crippen LogP contribution in [0, 0.1) is 10.1 Å². The molecular formula is C21H21N3O3. The second kappa shape index (κ2) is 9.56. The topological polar surface area (TPSA) is 77.3 Å². The first kappa shape index (κ1) is 18.7. The number of nitrogens with zero attached hydrogens (tertiary/aromatic N) is 2. The Hall–Kier alpha value is -3.09. The van der Waals surface area contributed by atoms with Crippen molar-refractivity contribution in [3.63, 3.8) is 0 Å². The van der Waals surface area contributed by atoms with Gasteiger partial charge in [0.1, 0.15) is 0 Å². The van der Waals surface area contributed by atoms with Crippen molar-refractivity contribution in [2.45, 2.75) is 0 Å². The maximum absolute atomic E-state index is 11.0. The molecule has 3 aromatic rings. The first-order valence-electron chi connectivity index (χ1n) is 8.80. The molecule has 4 rings (SSSR count). The van der Waals surface area contributed by atoms with Crippen molar-refractivity contribution in [3.05, 3.63) is 81.9 Å². The summed E-state index contributed by atoms with van der Waals surface area (Å²) in [5, 5.41) is 15.0. The molecule has 0 saturated carbocycles. The standard InChI is InChI=1S/C17H12N2O2.C4H9NO/c20-19(21)17-12-14(11-10-13-6-2-1-3-7-13)15-8-4-5-9-16(15)18-17;1-3-6-4-2-5-1/h1-12H;5H,1-4H2. The minimum Gasteiger partial charge on any atom is -0.379 e. The van der Waals surface area contributed by atoms with Crippen LogP contribution in [-0.2, 0) is 4.74 Å². The molecule has 0 radical (unpaired) electrons. The molecule has 1 aromatic heterocycles. The molecule has 1 saturated heterocycles. The number of hydrogen-bond acceptors (Lipinski definition) is 5. The molecule has 0 spiro atoms. The number of benzene rings is 2. The summed E-state index contributed by atoms with van der Waals surface area (Å²) in [6.45, 7) is 3.83. The molecule has 2 aromatic carbocycles. The van der Waals surface area contributed by atoms with Crippen molar-refractivity contribution >= 4 is 28.9 Å². The molecule has 27 heavy (non-hydrogen) atoms. The fourth-order valence-corrected chi connectivity index (χ4v) is 2.69. The molecule has 1 aliphatic rings. The third kappa shape index (κ3) is 5.44. The summed E-state index contributed by atoms with van der Waals surface area (Å²) < 4.78 is 5.01. The third-order valence-electron chi connectivity index (χ3n) is 4.02. The van der Waals surface area contributed by atoms with Gasteiger partial charge in [0.25, 0.3) is 0 Å². The van der Waals surface area contributed by atoms with Crippen LogP contribution in [0.1, 0.15) is 11.1 Å². The second-order valence-electron chi connectivity index (χ2n) is 5.95. The van der Waals surface area contributed by atoms with Gasteiger partial charge in [0.15, 0.2) is 5.52 Å². The SMILES string of the molecule is C1COCCN1.O=[N+]([O-])c1cc(C=Cc2ccccc2)c2ccccc2n1. The van der Waals surface area contributed by atoms with Crippen LogP contribution >= 0.6 is 0 Å². The van der Waals surface area contributed by atoms with Crippen LogP contribution in [-0.4, -0.2) is 36.2 Å². The molecule has 0 amide bonds. The lowest BCUT2D eigenvalue weighted by Gasteiger charge is -2.10. The summed E-state index contributed by atoms with van der Waals surface area (Å²) in [6.07, 6.45) is 3.82. The first-order valence-corrected chi connectivity index (χ1v) is 8.80. The van der Waals surface area contributed by atoms with E-state index in [1.165, 1.54) is 6.07 Å². The highest BCUT2D eigenvalue weighted by Gasteiger charge is 2.12. The lowest BCUT2D eigenvalue weighted by molar-refractivity contribution is -0.389. The van der Waals surface area contributed by atoms with Gasteiger partial charge in [0, 0.05) is 24.5 Å². The highest BCUT2D eigenvalue weighted by molar-refractivity contribution is 5.91. The van der Waals surface area contributed by atoms with Gasteiger partial charge in [-0.15, -0.1) is 0 Å². The van der Waals surface area contributed by atoms with Crippen LogP contribution in [0.25, 0.3) is 23.1 Å². The number of ether oxygens (including phenoxy) is 1. The average molecular weight is 363 g/mol. The summed E-state index contributed by atoms with van der Waals surface area (Å²) in [5.74, 6) is -0.138. The number of nitrogens with one attached hydrogen (secondary N) is 1. The molecule has 138 valence electrons. The number of pyridine rings is 1. The van der Waals surface area contributed by atoms with Gasteiger partial charge in [-0.2, -0.15) is 0 Å². The second-order valence-corrected chi connectivity index (χ2v) is 5.95. The summed E-state index contributed by atoms with van der Waals surface area (Å²) in [7, 11) is 0. The molecule has 1 aliphatic heterocycles. The molecular weight excluding hydrogens is 342 g/mol. The molecule has 1 N–H and O–H groups in total. The van der Waals surface area contributed by atoms with Crippen LogP contribution in [0.3, 0.4) is 0 Å². The fraction of sp³-hybridized carbons (Fsp3) is 0.190.